The average molecular weight is 270 g/mol. The van der Waals surface area contributed by atoms with Gasteiger partial charge in [0, 0.05) is 7.11 Å². The van der Waals surface area contributed by atoms with Crippen LogP contribution in [0.1, 0.15) is 25.3 Å². The van der Waals surface area contributed by atoms with Crippen LogP contribution < -0.4 is 16.0 Å². The number of nitrogens with two attached hydrogens (primary N) is 1. The van der Waals surface area contributed by atoms with E-state index in [4.69, 9.17) is 20.1 Å². The van der Waals surface area contributed by atoms with E-state index in [0.29, 0.717) is 38.1 Å². The smallest absolute Gasteiger partial charge is 0.222 e. The number of hydrazine groups is 1. The second-order valence-corrected chi connectivity index (χ2v) is 4.19. The summed E-state index contributed by atoms with van der Waals surface area (Å²) < 4.78 is 15.8. The maximum atomic E-state index is 5.61. The Kier molecular flexibility index (Phi) is 7.09. The molecule has 19 heavy (non-hydrogen) atoms. The summed E-state index contributed by atoms with van der Waals surface area (Å²) in [5.41, 5.74) is 3.42. The molecular formula is C12H22N4O3. The van der Waals surface area contributed by atoms with Crippen LogP contribution in [0, 0.1) is 0 Å². The minimum atomic E-state index is 0.205. The molecule has 0 fully saturated rings. The van der Waals surface area contributed by atoms with Crippen LogP contribution in [0.25, 0.3) is 0 Å². The molecule has 0 saturated carbocycles. The highest BCUT2D eigenvalue weighted by molar-refractivity contribution is 5.49. The lowest BCUT2D eigenvalue weighted by atomic mass is 10.1. The van der Waals surface area contributed by atoms with Gasteiger partial charge >= 0.3 is 0 Å². The molecule has 0 aliphatic heterocycles. The minimum absolute atomic E-state index is 0.205. The Morgan fingerprint density at radius 2 is 1.95 bits per heavy atom. The van der Waals surface area contributed by atoms with Crippen LogP contribution >= 0.6 is 0 Å². The zero-order valence-corrected chi connectivity index (χ0v) is 11.7. The van der Waals surface area contributed by atoms with Crippen molar-refractivity contribution in [3.8, 4) is 5.88 Å². The van der Waals surface area contributed by atoms with Crippen molar-refractivity contribution in [1.82, 2.24) is 9.97 Å². The number of ether oxygens (including phenoxy) is 3. The monoisotopic (exact) mass is 270 g/mol. The van der Waals surface area contributed by atoms with Gasteiger partial charge in [0.25, 0.3) is 0 Å². The molecule has 0 amide bonds. The van der Waals surface area contributed by atoms with Crippen LogP contribution in [0.15, 0.2) is 6.33 Å². The van der Waals surface area contributed by atoms with Gasteiger partial charge in [0.05, 0.1) is 25.4 Å². The standard InChI is InChI=1S/C12H22N4O3/c1-9(2)10-11(16-13)14-8-15-12(10)19-7-6-18-5-4-17-3/h8-9H,4-7,13H2,1-3H3,(H,14,15,16). The number of nitrogen functional groups attached to an aromatic ring is 1. The van der Waals surface area contributed by atoms with Crippen molar-refractivity contribution < 1.29 is 14.2 Å². The predicted molar refractivity (Wildman–Crippen MR) is 72.1 cm³/mol. The topological polar surface area (TPSA) is 91.5 Å². The van der Waals surface area contributed by atoms with E-state index >= 15 is 0 Å². The molecule has 1 aromatic heterocycles. The van der Waals surface area contributed by atoms with Crippen molar-refractivity contribution in [2.24, 2.45) is 5.84 Å². The Morgan fingerprint density at radius 1 is 1.21 bits per heavy atom. The first-order valence-corrected chi connectivity index (χ1v) is 6.21. The Bertz CT molecular complexity index is 374. The van der Waals surface area contributed by atoms with Gasteiger partial charge in [-0.3, -0.25) is 0 Å². The normalized spacial score (nSPS) is 10.8. The van der Waals surface area contributed by atoms with Crippen LogP contribution in [0.5, 0.6) is 5.88 Å². The van der Waals surface area contributed by atoms with Gasteiger partial charge in [0.15, 0.2) is 5.82 Å². The number of rotatable bonds is 9. The highest BCUT2D eigenvalue weighted by Gasteiger charge is 2.15. The summed E-state index contributed by atoms with van der Waals surface area (Å²) in [5, 5.41) is 0. The molecule has 7 nitrogen and oxygen atoms in total. The summed E-state index contributed by atoms with van der Waals surface area (Å²) >= 11 is 0. The lowest BCUT2D eigenvalue weighted by Crippen LogP contribution is -2.15. The molecule has 0 bridgehead atoms. The molecule has 1 heterocycles. The number of methoxy groups -OCH3 is 1. The van der Waals surface area contributed by atoms with Crippen LogP contribution in [0.4, 0.5) is 5.82 Å². The van der Waals surface area contributed by atoms with Gasteiger partial charge < -0.3 is 19.6 Å². The first kappa shape index (κ1) is 15.6. The number of aromatic nitrogens is 2. The number of anilines is 1. The van der Waals surface area contributed by atoms with Crippen LogP contribution in [-0.4, -0.2) is 43.5 Å². The average Bonchev–Trinajstić information content (AvgIpc) is 2.42. The molecule has 7 heteroatoms. The van der Waals surface area contributed by atoms with E-state index in [1.54, 1.807) is 7.11 Å². The highest BCUT2D eigenvalue weighted by atomic mass is 16.5. The van der Waals surface area contributed by atoms with Crippen LogP contribution in [-0.2, 0) is 9.47 Å². The molecule has 1 aromatic rings. The molecule has 0 spiro atoms. The van der Waals surface area contributed by atoms with E-state index in [2.05, 4.69) is 15.4 Å². The van der Waals surface area contributed by atoms with Gasteiger partial charge in [-0.1, -0.05) is 13.8 Å². The fourth-order valence-corrected chi connectivity index (χ4v) is 1.57. The van der Waals surface area contributed by atoms with Crippen molar-refractivity contribution in [1.29, 1.82) is 0 Å². The van der Waals surface area contributed by atoms with E-state index in [9.17, 15) is 0 Å². The number of nitrogens with zero attached hydrogens (tertiary/aromatic N) is 2. The van der Waals surface area contributed by atoms with Crippen LogP contribution in [0.2, 0.25) is 0 Å². The Morgan fingerprint density at radius 3 is 2.58 bits per heavy atom. The Balaban J connectivity index is 2.53. The van der Waals surface area contributed by atoms with Crippen molar-refractivity contribution in [2.75, 3.05) is 39.0 Å². The third kappa shape index (κ3) is 4.98. The fourth-order valence-electron chi connectivity index (χ4n) is 1.57. The summed E-state index contributed by atoms with van der Waals surface area (Å²) in [4.78, 5) is 8.21. The van der Waals surface area contributed by atoms with Crippen molar-refractivity contribution in [3.63, 3.8) is 0 Å². The summed E-state index contributed by atoms with van der Waals surface area (Å²) in [5.74, 6) is 6.76. The van der Waals surface area contributed by atoms with E-state index in [1.807, 2.05) is 13.8 Å². The first-order chi connectivity index (χ1) is 9.20. The second-order valence-electron chi connectivity index (χ2n) is 4.19. The molecule has 0 aromatic carbocycles. The summed E-state index contributed by atoms with van der Waals surface area (Å²) in [6, 6.07) is 0. The molecule has 0 unspecified atom stereocenters. The third-order valence-corrected chi connectivity index (χ3v) is 2.46. The molecule has 0 aliphatic rings. The zero-order chi connectivity index (χ0) is 14.1. The first-order valence-electron chi connectivity index (χ1n) is 6.21. The summed E-state index contributed by atoms with van der Waals surface area (Å²) in [7, 11) is 1.64. The molecule has 0 saturated heterocycles. The van der Waals surface area contributed by atoms with Gasteiger partial charge in [0.1, 0.15) is 12.9 Å². The van der Waals surface area contributed by atoms with Crippen molar-refractivity contribution in [3.05, 3.63) is 11.9 Å². The fraction of sp³-hybridized carbons (Fsp3) is 0.667. The zero-order valence-electron chi connectivity index (χ0n) is 11.7. The molecule has 108 valence electrons. The summed E-state index contributed by atoms with van der Waals surface area (Å²) in [6.07, 6.45) is 1.42. The molecule has 0 atom stereocenters. The molecule has 1 rings (SSSR count). The number of hydrogen-bond acceptors (Lipinski definition) is 7. The van der Waals surface area contributed by atoms with Crippen LogP contribution in [0.3, 0.4) is 0 Å². The van der Waals surface area contributed by atoms with Gasteiger partial charge in [-0.25, -0.2) is 15.8 Å². The Hall–Kier alpha value is -1.44. The van der Waals surface area contributed by atoms with Gasteiger partial charge in [-0.05, 0) is 5.92 Å². The molecular weight excluding hydrogens is 248 g/mol. The summed E-state index contributed by atoms with van der Waals surface area (Å²) in [6.45, 7) is 6.09. The number of hydrogen-bond donors (Lipinski definition) is 2. The lowest BCUT2D eigenvalue weighted by molar-refractivity contribution is 0.0534. The highest BCUT2D eigenvalue weighted by Crippen LogP contribution is 2.29. The van der Waals surface area contributed by atoms with Gasteiger partial charge in [-0.15, -0.1) is 0 Å². The maximum absolute atomic E-state index is 5.61. The predicted octanol–water partition coefficient (Wildman–Crippen LogP) is 0.927. The van der Waals surface area contributed by atoms with E-state index in [0.717, 1.165) is 5.56 Å². The van der Waals surface area contributed by atoms with E-state index in [-0.39, 0.29) is 5.92 Å². The van der Waals surface area contributed by atoms with E-state index in [1.165, 1.54) is 6.33 Å². The van der Waals surface area contributed by atoms with Gasteiger partial charge in [0.2, 0.25) is 5.88 Å². The SMILES string of the molecule is COCCOCCOc1ncnc(NN)c1C(C)C. The second kappa shape index (κ2) is 8.63. The van der Waals surface area contributed by atoms with Crippen molar-refractivity contribution in [2.45, 2.75) is 19.8 Å². The molecule has 0 radical (unpaired) electrons. The maximum Gasteiger partial charge on any atom is 0.222 e. The molecule has 0 aliphatic carbocycles. The van der Waals surface area contributed by atoms with E-state index < -0.39 is 0 Å². The molecule has 3 N–H and O–H groups in total. The number of nitrogens with one attached hydrogen (secondary N) is 1. The minimum Gasteiger partial charge on any atom is -0.475 e. The Labute approximate surface area is 113 Å². The quantitative estimate of drug-likeness (QED) is 0.392. The van der Waals surface area contributed by atoms with Gasteiger partial charge in [-0.2, -0.15) is 0 Å². The third-order valence-electron chi connectivity index (χ3n) is 2.46. The van der Waals surface area contributed by atoms with Crippen molar-refractivity contribution >= 4 is 5.82 Å². The lowest BCUT2D eigenvalue weighted by Gasteiger charge is -2.15. The largest absolute Gasteiger partial charge is 0.475 e.